The van der Waals surface area contributed by atoms with Crippen LogP contribution in [0.5, 0.6) is 0 Å². The summed E-state index contributed by atoms with van der Waals surface area (Å²) < 4.78 is 13.7. The Hall–Kier alpha value is -1.49. The maximum atomic E-state index is 13.0. The first kappa shape index (κ1) is 13.0. The summed E-state index contributed by atoms with van der Waals surface area (Å²) in [6, 6.07) is 6.40. The molecule has 0 aliphatic heterocycles. The van der Waals surface area contributed by atoms with E-state index in [1.807, 2.05) is 13.8 Å². The average Bonchev–Trinajstić information content (AvgIpc) is 2.32. The van der Waals surface area contributed by atoms with Crippen LogP contribution in [0.3, 0.4) is 0 Å². The minimum atomic E-state index is -0.240. The zero-order valence-corrected chi connectivity index (χ0v) is 11.8. The van der Waals surface area contributed by atoms with Crippen LogP contribution in [0.1, 0.15) is 18.3 Å². The molecule has 0 aliphatic rings. The molecule has 0 unspecified atom stereocenters. The van der Waals surface area contributed by atoms with E-state index in [2.05, 4.69) is 31.2 Å². The van der Waals surface area contributed by atoms with Crippen LogP contribution in [0, 0.1) is 12.7 Å². The summed E-state index contributed by atoms with van der Waals surface area (Å²) >= 11 is 3.35. The van der Waals surface area contributed by atoms with Crippen LogP contribution in [0.4, 0.5) is 15.9 Å². The van der Waals surface area contributed by atoms with Gasteiger partial charge in [0.25, 0.3) is 0 Å². The molecule has 1 heterocycles. The van der Waals surface area contributed by atoms with E-state index in [4.69, 9.17) is 0 Å². The molecule has 0 atom stereocenters. The molecule has 94 valence electrons. The van der Waals surface area contributed by atoms with Gasteiger partial charge in [-0.25, -0.2) is 14.4 Å². The van der Waals surface area contributed by atoms with Crippen LogP contribution in [0.25, 0.3) is 0 Å². The van der Waals surface area contributed by atoms with Crippen molar-refractivity contribution in [3.05, 3.63) is 46.1 Å². The molecule has 2 rings (SSSR count). The van der Waals surface area contributed by atoms with Crippen LogP contribution in [-0.4, -0.2) is 9.97 Å². The molecule has 0 amide bonds. The molecule has 1 N–H and O–H groups in total. The normalized spacial score (nSPS) is 10.4. The lowest BCUT2D eigenvalue weighted by atomic mass is 10.2. The maximum Gasteiger partial charge on any atom is 0.135 e. The lowest BCUT2D eigenvalue weighted by molar-refractivity contribution is 0.627. The molecule has 0 saturated carbocycles. The highest BCUT2D eigenvalue weighted by Crippen LogP contribution is 2.21. The topological polar surface area (TPSA) is 37.8 Å². The predicted octanol–water partition coefficient (Wildman–Crippen LogP) is 3.99. The van der Waals surface area contributed by atoms with Crippen molar-refractivity contribution in [2.24, 2.45) is 0 Å². The second-order valence-electron chi connectivity index (χ2n) is 3.93. The van der Waals surface area contributed by atoms with E-state index in [1.165, 1.54) is 12.1 Å². The predicted molar refractivity (Wildman–Crippen MR) is 73.5 cm³/mol. The molecular formula is C13H13BrFN3. The van der Waals surface area contributed by atoms with E-state index in [0.29, 0.717) is 5.82 Å². The highest BCUT2D eigenvalue weighted by atomic mass is 79.9. The van der Waals surface area contributed by atoms with Crippen LogP contribution >= 0.6 is 15.9 Å². The largest absolute Gasteiger partial charge is 0.340 e. The van der Waals surface area contributed by atoms with Gasteiger partial charge in [-0.15, -0.1) is 0 Å². The SMILES string of the molecule is CCc1nc(Br)cc(Nc2ccc(F)cc2C)n1. The second kappa shape index (κ2) is 5.44. The van der Waals surface area contributed by atoms with Gasteiger partial charge >= 0.3 is 0 Å². The minimum Gasteiger partial charge on any atom is -0.340 e. The van der Waals surface area contributed by atoms with Gasteiger partial charge < -0.3 is 5.32 Å². The fraction of sp³-hybridized carbons (Fsp3) is 0.231. The average molecular weight is 310 g/mol. The van der Waals surface area contributed by atoms with Gasteiger partial charge in [0.15, 0.2) is 0 Å². The smallest absolute Gasteiger partial charge is 0.135 e. The first-order valence-electron chi connectivity index (χ1n) is 5.65. The van der Waals surface area contributed by atoms with E-state index < -0.39 is 0 Å². The lowest BCUT2D eigenvalue weighted by Gasteiger charge is -2.10. The van der Waals surface area contributed by atoms with Gasteiger partial charge in [-0.05, 0) is 46.6 Å². The van der Waals surface area contributed by atoms with Crippen molar-refractivity contribution in [3.8, 4) is 0 Å². The third-order valence-corrected chi connectivity index (χ3v) is 2.91. The molecule has 0 aliphatic carbocycles. The molecule has 1 aromatic heterocycles. The summed E-state index contributed by atoms with van der Waals surface area (Å²) in [7, 11) is 0. The highest BCUT2D eigenvalue weighted by Gasteiger charge is 2.04. The van der Waals surface area contributed by atoms with Crippen molar-refractivity contribution >= 4 is 27.4 Å². The van der Waals surface area contributed by atoms with Gasteiger partial charge in [0.2, 0.25) is 0 Å². The molecule has 0 fully saturated rings. The Balaban J connectivity index is 2.30. The fourth-order valence-electron chi connectivity index (χ4n) is 1.59. The quantitative estimate of drug-likeness (QED) is 0.871. The van der Waals surface area contributed by atoms with Crippen LogP contribution in [0.15, 0.2) is 28.9 Å². The number of benzene rings is 1. The number of aromatic nitrogens is 2. The number of nitrogens with zero attached hydrogens (tertiary/aromatic N) is 2. The summed E-state index contributed by atoms with van der Waals surface area (Å²) in [6.07, 6.45) is 0.760. The molecule has 0 bridgehead atoms. The number of rotatable bonds is 3. The molecule has 18 heavy (non-hydrogen) atoms. The van der Waals surface area contributed by atoms with Crippen LogP contribution in [0.2, 0.25) is 0 Å². The van der Waals surface area contributed by atoms with E-state index in [9.17, 15) is 4.39 Å². The highest BCUT2D eigenvalue weighted by molar-refractivity contribution is 9.10. The number of nitrogens with one attached hydrogen (secondary N) is 1. The van der Waals surface area contributed by atoms with Crippen molar-refractivity contribution in [2.45, 2.75) is 20.3 Å². The Labute approximate surface area is 114 Å². The van der Waals surface area contributed by atoms with Crippen molar-refractivity contribution < 1.29 is 4.39 Å². The maximum absolute atomic E-state index is 13.0. The van der Waals surface area contributed by atoms with E-state index >= 15 is 0 Å². The Kier molecular flexibility index (Phi) is 3.91. The zero-order valence-electron chi connectivity index (χ0n) is 10.2. The molecule has 0 spiro atoms. The molecule has 5 heteroatoms. The number of anilines is 2. The first-order chi connectivity index (χ1) is 8.58. The van der Waals surface area contributed by atoms with Gasteiger partial charge in [0.05, 0.1) is 0 Å². The van der Waals surface area contributed by atoms with Gasteiger partial charge in [-0.3, -0.25) is 0 Å². The number of aryl methyl sites for hydroxylation is 2. The number of hydrogen-bond donors (Lipinski definition) is 1. The van der Waals surface area contributed by atoms with Crippen LogP contribution < -0.4 is 5.32 Å². The summed E-state index contributed by atoms with van der Waals surface area (Å²) in [5.74, 6) is 1.21. The molecule has 3 nitrogen and oxygen atoms in total. The summed E-state index contributed by atoms with van der Waals surface area (Å²) in [4.78, 5) is 8.60. The van der Waals surface area contributed by atoms with E-state index in [1.54, 1.807) is 12.1 Å². The third-order valence-electron chi connectivity index (χ3n) is 2.51. The van der Waals surface area contributed by atoms with Crippen molar-refractivity contribution in [1.82, 2.24) is 9.97 Å². The van der Waals surface area contributed by atoms with Gasteiger partial charge in [0.1, 0.15) is 22.1 Å². The second-order valence-corrected chi connectivity index (χ2v) is 4.74. The molecule has 1 aromatic carbocycles. The number of hydrogen-bond acceptors (Lipinski definition) is 3. The van der Waals surface area contributed by atoms with Crippen LogP contribution in [-0.2, 0) is 6.42 Å². The zero-order chi connectivity index (χ0) is 13.1. The van der Waals surface area contributed by atoms with Gasteiger partial charge in [-0.1, -0.05) is 6.92 Å². The van der Waals surface area contributed by atoms with Crippen molar-refractivity contribution in [3.63, 3.8) is 0 Å². The molecular weight excluding hydrogens is 297 g/mol. The van der Waals surface area contributed by atoms with Crippen molar-refractivity contribution in [1.29, 1.82) is 0 Å². The van der Waals surface area contributed by atoms with Gasteiger partial charge in [-0.2, -0.15) is 0 Å². The first-order valence-corrected chi connectivity index (χ1v) is 6.44. The van der Waals surface area contributed by atoms with Gasteiger partial charge in [0, 0.05) is 18.2 Å². The standard InChI is InChI=1S/C13H13BrFN3/c1-3-12-17-11(14)7-13(18-12)16-10-5-4-9(15)6-8(10)2/h4-7H,3H2,1-2H3,(H,16,17,18). The molecule has 0 radical (unpaired) electrons. The summed E-state index contributed by atoms with van der Waals surface area (Å²) in [5, 5.41) is 3.17. The fourth-order valence-corrected chi connectivity index (χ4v) is 2.01. The summed E-state index contributed by atoms with van der Waals surface area (Å²) in [5.41, 5.74) is 1.67. The number of halogens is 2. The van der Waals surface area contributed by atoms with E-state index in [0.717, 1.165) is 28.1 Å². The Morgan fingerprint density at radius 3 is 2.72 bits per heavy atom. The van der Waals surface area contributed by atoms with E-state index in [-0.39, 0.29) is 5.82 Å². The minimum absolute atomic E-state index is 0.240. The monoisotopic (exact) mass is 309 g/mol. The van der Waals surface area contributed by atoms with Crippen molar-refractivity contribution in [2.75, 3.05) is 5.32 Å². The summed E-state index contributed by atoms with van der Waals surface area (Å²) in [6.45, 7) is 3.84. The Morgan fingerprint density at radius 1 is 1.28 bits per heavy atom. The molecule has 2 aromatic rings. The lowest BCUT2D eigenvalue weighted by Crippen LogP contribution is -2.01. The Morgan fingerprint density at radius 2 is 2.06 bits per heavy atom. The molecule has 0 saturated heterocycles. The Bertz CT molecular complexity index is 572. The third kappa shape index (κ3) is 3.04.